The molecule has 0 aliphatic rings. The number of carbonyl (C=O) groups excluding carboxylic acids is 1. The predicted molar refractivity (Wildman–Crippen MR) is 44.8 cm³/mol. The lowest BCUT2D eigenvalue weighted by Gasteiger charge is -2.01. The zero-order chi connectivity index (χ0) is 9.68. The highest BCUT2D eigenvalue weighted by Crippen LogP contribution is 1.93. The van der Waals surface area contributed by atoms with Gasteiger partial charge >= 0.3 is 0 Å². The van der Waals surface area contributed by atoms with E-state index in [0.29, 0.717) is 10.3 Å². The number of nitrogens with one attached hydrogen (secondary N) is 1. The molecule has 1 heterocycles. The molecule has 0 saturated carbocycles. The van der Waals surface area contributed by atoms with Gasteiger partial charge in [0.25, 0.3) is 5.91 Å². The predicted octanol–water partition coefficient (Wildman–Crippen LogP) is -0.958. The molecule has 0 aliphatic carbocycles. The molecule has 1 aromatic heterocycles. The Labute approximate surface area is 75.2 Å². The van der Waals surface area contributed by atoms with Crippen molar-refractivity contribution in [2.75, 3.05) is 13.2 Å². The van der Waals surface area contributed by atoms with E-state index in [2.05, 4.69) is 5.32 Å². The molecule has 0 aliphatic heterocycles. The summed E-state index contributed by atoms with van der Waals surface area (Å²) in [7, 11) is 0. The Morgan fingerprint density at radius 1 is 1.54 bits per heavy atom. The van der Waals surface area contributed by atoms with Crippen LogP contribution in [-0.2, 0) is 0 Å². The fraction of sp³-hybridized carbons (Fsp3) is 0.250. The first-order chi connectivity index (χ1) is 6.24. The van der Waals surface area contributed by atoms with Gasteiger partial charge in [-0.3, -0.25) is 4.79 Å². The van der Waals surface area contributed by atoms with Gasteiger partial charge in [0, 0.05) is 18.7 Å². The fourth-order valence-electron chi connectivity index (χ4n) is 0.836. The third kappa shape index (κ3) is 2.72. The molecule has 1 aromatic rings. The molecule has 5 heteroatoms. The third-order valence-corrected chi connectivity index (χ3v) is 1.46. The van der Waals surface area contributed by atoms with Gasteiger partial charge in [-0.15, -0.1) is 0 Å². The molecule has 0 radical (unpaired) electrons. The SMILES string of the molecule is O=C(NCCO)c1cc[n+]([O-])cc1. The first-order valence-corrected chi connectivity index (χ1v) is 3.82. The lowest BCUT2D eigenvalue weighted by molar-refractivity contribution is -0.605. The number of aromatic nitrogens is 1. The number of rotatable bonds is 3. The molecule has 70 valence electrons. The first-order valence-electron chi connectivity index (χ1n) is 3.82. The van der Waals surface area contributed by atoms with Crippen LogP contribution in [0.2, 0.25) is 0 Å². The van der Waals surface area contributed by atoms with Gasteiger partial charge in [0.1, 0.15) is 0 Å². The average Bonchev–Trinajstić information content (AvgIpc) is 2.15. The number of carbonyl (C=O) groups is 1. The van der Waals surface area contributed by atoms with Crippen LogP contribution in [0.15, 0.2) is 24.5 Å². The summed E-state index contributed by atoms with van der Waals surface area (Å²) < 4.78 is 0.600. The monoisotopic (exact) mass is 182 g/mol. The zero-order valence-electron chi connectivity index (χ0n) is 6.93. The van der Waals surface area contributed by atoms with E-state index >= 15 is 0 Å². The van der Waals surface area contributed by atoms with Crippen molar-refractivity contribution in [2.45, 2.75) is 0 Å². The lowest BCUT2D eigenvalue weighted by Crippen LogP contribution is -2.29. The molecule has 1 rings (SSSR count). The van der Waals surface area contributed by atoms with Gasteiger partial charge in [-0.05, 0) is 0 Å². The van der Waals surface area contributed by atoms with Crippen molar-refractivity contribution in [3.05, 3.63) is 35.3 Å². The van der Waals surface area contributed by atoms with Crippen LogP contribution >= 0.6 is 0 Å². The maximum Gasteiger partial charge on any atom is 0.251 e. The molecule has 0 saturated heterocycles. The van der Waals surface area contributed by atoms with Crippen molar-refractivity contribution in [2.24, 2.45) is 0 Å². The number of pyridine rings is 1. The van der Waals surface area contributed by atoms with E-state index < -0.39 is 0 Å². The first kappa shape index (κ1) is 9.47. The van der Waals surface area contributed by atoms with Crippen LogP contribution in [0.25, 0.3) is 0 Å². The maximum atomic E-state index is 11.2. The van der Waals surface area contributed by atoms with E-state index in [1.807, 2.05) is 0 Å². The number of amides is 1. The van der Waals surface area contributed by atoms with Gasteiger partial charge < -0.3 is 15.6 Å². The second-order valence-electron chi connectivity index (χ2n) is 2.43. The highest BCUT2D eigenvalue weighted by Gasteiger charge is 2.04. The van der Waals surface area contributed by atoms with Crippen LogP contribution in [-0.4, -0.2) is 24.2 Å². The van der Waals surface area contributed by atoms with Crippen molar-refractivity contribution < 1.29 is 14.6 Å². The lowest BCUT2D eigenvalue weighted by atomic mass is 10.2. The molecule has 1 amide bonds. The number of nitrogens with zero attached hydrogens (tertiary/aromatic N) is 1. The van der Waals surface area contributed by atoms with E-state index in [-0.39, 0.29) is 19.1 Å². The largest absolute Gasteiger partial charge is 0.619 e. The van der Waals surface area contributed by atoms with Gasteiger partial charge in [0.15, 0.2) is 12.4 Å². The summed E-state index contributed by atoms with van der Waals surface area (Å²) in [5.41, 5.74) is 0.403. The summed E-state index contributed by atoms with van der Waals surface area (Å²) in [5.74, 6) is -0.297. The van der Waals surface area contributed by atoms with Gasteiger partial charge in [0.05, 0.1) is 12.2 Å². The Morgan fingerprint density at radius 2 is 2.15 bits per heavy atom. The Balaban J connectivity index is 2.61. The number of hydrogen-bond donors (Lipinski definition) is 2. The van der Waals surface area contributed by atoms with Crippen LogP contribution in [0.5, 0.6) is 0 Å². The molecule has 0 aromatic carbocycles. The smallest absolute Gasteiger partial charge is 0.251 e. The summed E-state index contributed by atoms with van der Waals surface area (Å²) >= 11 is 0. The number of hydrogen-bond acceptors (Lipinski definition) is 3. The Morgan fingerprint density at radius 3 is 2.69 bits per heavy atom. The molecule has 5 nitrogen and oxygen atoms in total. The minimum Gasteiger partial charge on any atom is -0.619 e. The van der Waals surface area contributed by atoms with Crippen LogP contribution in [0.3, 0.4) is 0 Å². The molecule has 0 bridgehead atoms. The van der Waals surface area contributed by atoms with Crippen LogP contribution in [0.4, 0.5) is 0 Å². The third-order valence-electron chi connectivity index (χ3n) is 1.46. The Kier molecular flexibility index (Phi) is 3.22. The normalized spacial score (nSPS) is 9.62. The molecular formula is C8H10N2O3. The Bertz CT molecular complexity index is 284. The van der Waals surface area contributed by atoms with Gasteiger partial charge in [-0.2, -0.15) is 4.73 Å². The molecule has 13 heavy (non-hydrogen) atoms. The van der Waals surface area contributed by atoms with E-state index in [9.17, 15) is 10.0 Å². The number of aliphatic hydroxyl groups excluding tert-OH is 1. The molecule has 2 N–H and O–H groups in total. The summed E-state index contributed by atoms with van der Waals surface area (Å²) in [6, 6.07) is 2.83. The van der Waals surface area contributed by atoms with Crippen molar-refractivity contribution in [3.63, 3.8) is 0 Å². The molecule has 0 unspecified atom stereocenters. The summed E-state index contributed by atoms with van der Waals surface area (Å²) in [5, 5.41) is 21.5. The summed E-state index contributed by atoms with van der Waals surface area (Å²) in [4.78, 5) is 11.2. The molecular weight excluding hydrogens is 172 g/mol. The molecule has 0 spiro atoms. The van der Waals surface area contributed by atoms with E-state index in [0.717, 1.165) is 0 Å². The second-order valence-corrected chi connectivity index (χ2v) is 2.43. The van der Waals surface area contributed by atoms with Crippen molar-refractivity contribution in [1.29, 1.82) is 0 Å². The fourth-order valence-corrected chi connectivity index (χ4v) is 0.836. The van der Waals surface area contributed by atoms with Crippen LogP contribution < -0.4 is 10.0 Å². The van der Waals surface area contributed by atoms with E-state index in [1.54, 1.807) is 0 Å². The van der Waals surface area contributed by atoms with Crippen molar-refractivity contribution in [3.8, 4) is 0 Å². The number of aliphatic hydroxyl groups is 1. The minimum absolute atomic E-state index is 0.0971. The quantitative estimate of drug-likeness (QED) is 0.467. The minimum atomic E-state index is -0.297. The maximum absolute atomic E-state index is 11.2. The van der Waals surface area contributed by atoms with Crippen LogP contribution in [0, 0.1) is 5.21 Å². The van der Waals surface area contributed by atoms with Crippen LogP contribution in [0.1, 0.15) is 10.4 Å². The van der Waals surface area contributed by atoms with E-state index in [4.69, 9.17) is 5.11 Å². The highest BCUT2D eigenvalue weighted by atomic mass is 16.5. The zero-order valence-corrected chi connectivity index (χ0v) is 6.93. The molecule has 0 atom stereocenters. The van der Waals surface area contributed by atoms with Gasteiger partial charge in [-0.1, -0.05) is 0 Å². The highest BCUT2D eigenvalue weighted by molar-refractivity contribution is 5.93. The second kappa shape index (κ2) is 4.42. The molecule has 0 fully saturated rings. The van der Waals surface area contributed by atoms with E-state index in [1.165, 1.54) is 24.5 Å². The summed E-state index contributed by atoms with van der Waals surface area (Å²) in [6.07, 6.45) is 2.49. The van der Waals surface area contributed by atoms with Crippen molar-refractivity contribution >= 4 is 5.91 Å². The van der Waals surface area contributed by atoms with Gasteiger partial charge in [-0.25, -0.2) is 0 Å². The summed E-state index contributed by atoms with van der Waals surface area (Å²) in [6.45, 7) is 0.116. The Hall–Kier alpha value is -1.62. The van der Waals surface area contributed by atoms with Crippen molar-refractivity contribution in [1.82, 2.24) is 5.32 Å². The topological polar surface area (TPSA) is 76.3 Å². The van der Waals surface area contributed by atoms with Gasteiger partial charge in [0.2, 0.25) is 0 Å². The average molecular weight is 182 g/mol. The standard InChI is InChI=1S/C8H10N2O3/c11-6-3-9-8(12)7-1-4-10(13)5-2-7/h1-2,4-5,11H,3,6H2,(H,9,12).